The summed E-state index contributed by atoms with van der Waals surface area (Å²) in [6.07, 6.45) is 1.35. The molecule has 116 valence electrons. The monoisotopic (exact) mass is 305 g/mol. The molecule has 1 amide bonds. The molecule has 0 aliphatic heterocycles. The fourth-order valence-corrected chi connectivity index (χ4v) is 1.74. The summed E-state index contributed by atoms with van der Waals surface area (Å²) in [7, 11) is 4.42. The Labute approximate surface area is 126 Å². The van der Waals surface area contributed by atoms with Crippen LogP contribution in [-0.2, 0) is 0 Å². The van der Waals surface area contributed by atoms with Gasteiger partial charge < -0.3 is 14.2 Å². The first-order chi connectivity index (χ1) is 10.6. The normalized spacial score (nSPS) is 9.95. The number of carbonyl (C=O) groups excluding carboxylic acids is 1. The Hall–Kier alpha value is -3.10. The van der Waals surface area contributed by atoms with E-state index in [4.69, 9.17) is 14.2 Å². The third kappa shape index (κ3) is 2.97. The van der Waals surface area contributed by atoms with Crippen LogP contribution < -0.4 is 19.5 Å². The standard InChI is InChI=1S/C13H15N5O4/c1-5-18-16-13(15-17-18)14-12(19)8-6-9(20-2)11(22-4)10(7-8)21-3/h5-7H,1H2,2-4H3,(H,14,16,19). The molecule has 0 saturated heterocycles. The molecule has 0 unspecified atom stereocenters. The Balaban J connectivity index is 2.30. The molecule has 0 spiro atoms. The molecular weight excluding hydrogens is 290 g/mol. The van der Waals surface area contributed by atoms with Crippen LogP contribution in [-0.4, -0.2) is 47.4 Å². The molecule has 1 aromatic carbocycles. The number of methoxy groups -OCH3 is 3. The number of amides is 1. The van der Waals surface area contributed by atoms with E-state index < -0.39 is 5.91 Å². The minimum absolute atomic E-state index is 0.0543. The first-order valence-corrected chi connectivity index (χ1v) is 6.16. The molecule has 22 heavy (non-hydrogen) atoms. The zero-order valence-electron chi connectivity index (χ0n) is 12.4. The van der Waals surface area contributed by atoms with Crippen molar-refractivity contribution in [2.24, 2.45) is 0 Å². The topological polar surface area (TPSA) is 100 Å². The largest absolute Gasteiger partial charge is 0.493 e. The van der Waals surface area contributed by atoms with Crippen LogP contribution >= 0.6 is 0 Å². The molecule has 0 bridgehead atoms. The van der Waals surface area contributed by atoms with Crippen LogP contribution in [0.1, 0.15) is 10.4 Å². The van der Waals surface area contributed by atoms with Gasteiger partial charge in [-0.25, -0.2) is 0 Å². The molecule has 9 nitrogen and oxygen atoms in total. The van der Waals surface area contributed by atoms with Gasteiger partial charge >= 0.3 is 0 Å². The van der Waals surface area contributed by atoms with E-state index in [9.17, 15) is 4.79 Å². The van der Waals surface area contributed by atoms with Gasteiger partial charge in [-0.05, 0) is 17.3 Å². The molecule has 1 aromatic heterocycles. The minimum Gasteiger partial charge on any atom is -0.493 e. The minimum atomic E-state index is -0.442. The number of carbonyl (C=O) groups is 1. The van der Waals surface area contributed by atoms with Crippen LogP contribution in [0.15, 0.2) is 18.7 Å². The van der Waals surface area contributed by atoms with Gasteiger partial charge in [0.2, 0.25) is 5.75 Å². The summed E-state index contributed by atoms with van der Waals surface area (Å²) >= 11 is 0. The highest BCUT2D eigenvalue weighted by Crippen LogP contribution is 2.38. The number of nitrogens with zero attached hydrogens (tertiary/aromatic N) is 4. The summed E-state index contributed by atoms with van der Waals surface area (Å²) in [5.41, 5.74) is 0.296. The number of tetrazole rings is 1. The molecule has 0 aliphatic rings. The summed E-state index contributed by atoms with van der Waals surface area (Å²) in [4.78, 5) is 13.4. The van der Waals surface area contributed by atoms with Crippen molar-refractivity contribution < 1.29 is 19.0 Å². The van der Waals surface area contributed by atoms with Crippen LogP contribution in [0, 0.1) is 0 Å². The van der Waals surface area contributed by atoms with Crippen molar-refractivity contribution in [2.45, 2.75) is 0 Å². The second-order valence-electron chi connectivity index (χ2n) is 3.98. The van der Waals surface area contributed by atoms with E-state index in [1.54, 1.807) is 0 Å². The van der Waals surface area contributed by atoms with Gasteiger partial charge in [-0.2, -0.15) is 0 Å². The summed E-state index contributed by atoms with van der Waals surface area (Å²) < 4.78 is 15.6. The van der Waals surface area contributed by atoms with Crippen molar-refractivity contribution in [3.63, 3.8) is 0 Å². The van der Waals surface area contributed by atoms with Gasteiger partial charge in [0, 0.05) is 11.8 Å². The molecule has 1 N–H and O–H groups in total. The van der Waals surface area contributed by atoms with Crippen molar-refractivity contribution in [1.29, 1.82) is 0 Å². The van der Waals surface area contributed by atoms with Crippen molar-refractivity contribution >= 4 is 18.1 Å². The third-order valence-electron chi connectivity index (χ3n) is 2.74. The van der Waals surface area contributed by atoms with Crippen molar-refractivity contribution in [3.05, 3.63) is 24.3 Å². The molecular formula is C13H15N5O4. The van der Waals surface area contributed by atoms with Crippen LogP contribution in [0.3, 0.4) is 0 Å². The highest BCUT2D eigenvalue weighted by Gasteiger charge is 2.18. The lowest BCUT2D eigenvalue weighted by Gasteiger charge is -2.13. The van der Waals surface area contributed by atoms with Crippen LogP contribution in [0.4, 0.5) is 5.95 Å². The zero-order valence-corrected chi connectivity index (χ0v) is 12.4. The molecule has 0 atom stereocenters. The molecule has 2 rings (SSSR count). The molecule has 0 aliphatic carbocycles. The second-order valence-corrected chi connectivity index (χ2v) is 3.98. The van der Waals surface area contributed by atoms with Crippen LogP contribution in [0.2, 0.25) is 0 Å². The quantitative estimate of drug-likeness (QED) is 0.851. The van der Waals surface area contributed by atoms with E-state index in [2.05, 4.69) is 27.3 Å². The van der Waals surface area contributed by atoms with Gasteiger partial charge in [0.15, 0.2) is 11.5 Å². The molecule has 0 saturated carbocycles. The molecule has 1 heterocycles. The number of hydrogen-bond donors (Lipinski definition) is 1. The fourth-order valence-electron chi connectivity index (χ4n) is 1.74. The maximum atomic E-state index is 12.2. The number of benzene rings is 1. The lowest BCUT2D eigenvalue weighted by atomic mass is 10.1. The summed E-state index contributed by atoms with van der Waals surface area (Å²) in [5.74, 6) is 0.753. The third-order valence-corrected chi connectivity index (χ3v) is 2.74. The fraction of sp³-hybridized carbons (Fsp3) is 0.231. The van der Waals surface area contributed by atoms with E-state index in [0.717, 1.165) is 4.80 Å². The van der Waals surface area contributed by atoms with Gasteiger partial charge in [0.05, 0.1) is 21.3 Å². The first kappa shape index (κ1) is 15.3. The molecule has 0 radical (unpaired) electrons. The van der Waals surface area contributed by atoms with Gasteiger partial charge in [0.25, 0.3) is 11.9 Å². The maximum Gasteiger partial charge on any atom is 0.270 e. The Morgan fingerprint density at radius 3 is 2.32 bits per heavy atom. The molecule has 0 fully saturated rings. The van der Waals surface area contributed by atoms with Crippen molar-refractivity contribution in [1.82, 2.24) is 20.2 Å². The highest BCUT2D eigenvalue weighted by molar-refractivity contribution is 6.04. The first-order valence-electron chi connectivity index (χ1n) is 6.16. The number of ether oxygens (including phenoxy) is 3. The lowest BCUT2D eigenvalue weighted by molar-refractivity contribution is 0.102. The zero-order chi connectivity index (χ0) is 16.1. The Bertz CT molecular complexity index is 672. The molecule has 2 aromatic rings. The Morgan fingerprint density at radius 2 is 1.86 bits per heavy atom. The van der Waals surface area contributed by atoms with Gasteiger partial charge in [0.1, 0.15) is 0 Å². The number of nitrogens with one attached hydrogen (secondary N) is 1. The predicted octanol–water partition coefficient (Wildman–Crippen LogP) is 1.05. The summed E-state index contributed by atoms with van der Waals surface area (Å²) in [5, 5.41) is 13.7. The van der Waals surface area contributed by atoms with Crippen molar-refractivity contribution in [3.8, 4) is 17.2 Å². The van der Waals surface area contributed by atoms with E-state index >= 15 is 0 Å². The van der Waals surface area contributed by atoms with E-state index in [1.807, 2.05) is 0 Å². The second kappa shape index (κ2) is 6.57. The van der Waals surface area contributed by atoms with E-state index in [0.29, 0.717) is 22.8 Å². The SMILES string of the molecule is C=Cn1nnc(NC(=O)c2cc(OC)c(OC)c(OC)c2)n1. The van der Waals surface area contributed by atoms with Crippen LogP contribution in [0.5, 0.6) is 17.2 Å². The maximum absolute atomic E-state index is 12.2. The predicted molar refractivity (Wildman–Crippen MR) is 78.3 cm³/mol. The van der Waals surface area contributed by atoms with Gasteiger partial charge in [-0.3, -0.25) is 10.1 Å². The van der Waals surface area contributed by atoms with Gasteiger partial charge in [-0.1, -0.05) is 11.7 Å². The van der Waals surface area contributed by atoms with Gasteiger partial charge in [-0.15, -0.1) is 9.90 Å². The average molecular weight is 305 g/mol. The average Bonchev–Trinajstić information content (AvgIpc) is 3.00. The Morgan fingerprint density at radius 1 is 1.23 bits per heavy atom. The smallest absolute Gasteiger partial charge is 0.270 e. The van der Waals surface area contributed by atoms with E-state index in [-0.39, 0.29) is 5.95 Å². The van der Waals surface area contributed by atoms with Crippen molar-refractivity contribution in [2.75, 3.05) is 26.6 Å². The number of aromatic nitrogens is 4. The summed E-state index contributed by atoms with van der Waals surface area (Å²) in [6.45, 7) is 3.48. The number of hydrogen-bond acceptors (Lipinski definition) is 7. The summed E-state index contributed by atoms with van der Waals surface area (Å²) in [6, 6.07) is 3.04. The van der Waals surface area contributed by atoms with Crippen LogP contribution in [0.25, 0.3) is 6.20 Å². The number of rotatable bonds is 6. The molecule has 9 heteroatoms. The Kier molecular flexibility index (Phi) is 4.57. The van der Waals surface area contributed by atoms with E-state index in [1.165, 1.54) is 39.7 Å². The lowest BCUT2D eigenvalue weighted by Crippen LogP contribution is -2.14. The highest BCUT2D eigenvalue weighted by atomic mass is 16.5. The number of anilines is 1.